The number of Topliss-reactive ketones (excluding diaryl/α,β-unsaturated/α-hetero) is 2. The fraction of sp³-hybridized carbons (Fsp3) is 0.478. The third kappa shape index (κ3) is 3.87. The molecular formula is C23H31N3O4+2. The van der Waals surface area contributed by atoms with Crippen molar-refractivity contribution in [3.8, 4) is 11.5 Å². The molecule has 2 aliphatic heterocycles. The summed E-state index contributed by atoms with van der Waals surface area (Å²) in [5.41, 5.74) is 4.05. The van der Waals surface area contributed by atoms with Crippen LogP contribution < -0.4 is 19.3 Å². The zero-order valence-corrected chi connectivity index (χ0v) is 18.2. The van der Waals surface area contributed by atoms with E-state index in [9.17, 15) is 9.59 Å². The van der Waals surface area contributed by atoms with Crippen molar-refractivity contribution in [1.82, 2.24) is 4.98 Å². The van der Waals surface area contributed by atoms with Gasteiger partial charge in [-0.15, -0.1) is 0 Å². The summed E-state index contributed by atoms with van der Waals surface area (Å²) in [6.45, 7) is 12.5. The molecule has 0 amide bonds. The Morgan fingerprint density at radius 3 is 2.47 bits per heavy atom. The van der Waals surface area contributed by atoms with Crippen molar-refractivity contribution in [2.24, 2.45) is 0 Å². The Morgan fingerprint density at radius 2 is 1.80 bits per heavy atom. The number of benzene rings is 1. The molecule has 1 aromatic carbocycles. The molecule has 0 aliphatic carbocycles. The second-order valence-corrected chi connectivity index (χ2v) is 8.54. The number of nitrogens with one attached hydrogen (secondary N) is 3. The van der Waals surface area contributed by atoms with Crippen LogP contribution in [0, 0.1) is 13.8 Å². The first kappa shape index (κ1) is 20.6. The monoisotopic (exact) mass is 413 g/mol. The largest absolute Gasteiger partial charge is 0.454 e. The maximum atomic E-state index is 13.1. The Balaban J connectivity index is 1.36. The fourth-order valence-electron chi connectivity index (χ4n) is 4.80. The smallest absolute Gasteiger partial charge is 0.235 e. The predicted molar refractivity (Wildman–Crippen MR) is 112 cm³/mol. The van der Waals surface area contributed by atoms with E-state index in [0.717, 1.165) is 55.5 Å². The van der Waals surface area contributed by atoms with Gasteiger partial charge in [-0.1, -0.05) is 0 Å². The molecule has 4 rings (SSSR count). The molecule has 30 heavy (non-hydrogen) atoms. The summed E-state index contributed by atoms with van der Waals surface area (Å²) >= 11 is 0. The van der Waals surface area contributed by atoms with E-state index in [4.69, 9.17) is 9.47 Å². The summed E-state index contributed by atoms with van der Waals surface area (Å²) < 4.78 is 10.9. The third-order valence-electron chi connectivity index (χ3n) is 6.53. The molecule has 0 unspecified atom stereocenters. The molecule has 3 N–H and O–H groups in total. The lowest BCUT2D eigenvalue weighted by atomic mass is 10.0. The summed E-state index contributed by atoms with van der Waals surface area (Å²) in [6.07, 6.45) is 0. The molecule has 7 heteroatoms. The molecule has 2 aromatic rings. The minimum Gasteiger partial charge on any atom is -0.454 e. The summed E-state index contributed by atoms with van der Waals surface area (Å²) in [7, 11) is 0. The number of piperazine rings is 1. The number of fused-ring (bicyclic) bond motifs is 1. The highest BCUT2D eigenvalue weighted by atomic mass is 16.7. The van der Waals surface area contributed by atoms with E-state index in [1.54, 1.807) is 6.92 Å². The summed E-state index contributed by atoms with van der Waals surface area (Å²) in [4.78, 5) is 31.0. The van der Waals surface area contributed by atoms with Crippen molar-refractivity contribution < 1.29 is 28.9 Å². The molecule has 7 nitrogen and oxygen atoms in total. The Bertz CT molecular complexity index is 973. The molecule has 0 spiro atoms. The van der Waals surface area contributed by atoms with Crippen molar-refractivity contribution >= 4 is 11.6 Å². The number of ketones is 2. The Hall–Kier alpha value is -2.64. The van der Waals surface area contributed by atoms with Gasteiger partial charge in [0.2, 0.25) is 12.6 Å². The molecule has 0 bridgehead atoms. The van der Waals surface area contributed by atoms with Crippen molar-refractivity contribution in [3.63, 3.8) is 0 Å². The number of aromatic amines is 1. The summed E-state index contributed by atoms with van der Waals surface area (Å²) in [5.74, 6) is 1.74. The molecule has 1 saturated heterocycles. The fourth-order valence-corrected chi connectivity index (χ4v) is 4.80. The highest BCUT2D eigenvalue weighted by molar-refractivity contribution is 6.04. The number of quaternary nitrogens is 2. The van der Waals surface area contributed by atoms with Crippen LogP contribution in [-0.2, 0) is 6.54 Å². The van der Waals surface area contributed by atoms with Crippen molar-refractivity contribution in [2.45, 2.75) is 40.3 Å². The molecule has 1 atom stereocenters. The summed E-state index contributed by atoms with van der Waals surface area (Å²) in [6, 6.07) is 6.03. The predicted octanol–water partition coefficient (Wildman–Crippen LogP) is 0.118. The first-order valence-corrected chi connectivity index (χ1v) is 10.7. The van der Waals surface area contributed by atoms with Gasteiger partial charge in [-0.25, -0.2) is 0 Å². The number of H-pyrrole nitrogens is 1. The van der Waals surface area contributed by atoms with E-state index in [1.165, 1.54) is 15.4 Å². The van der Waals surface area contributed by atoms with Gasteiger partial charge in [0, 0.05) is 16.8 Å². The van der Waals surface area contributed by atoms with Crippen LogP contribution >= 0.6 is 0 Å². The van der Waals surface area contributed by atoms with Gasteiger partial charge in [0.25, 0.3) is 0 Å². The van der Waals surface area contributed by atoms with Gasteiger partial charge in [-0.2, -0.15) is 0 Å². The van der Waals surface area contributed by atoms with Gasteiger partial charge in [-0.3, -0.25) is 9.59 Å². The highest BCUT2D eigenvalue weighted by Gasteiger charge is 2.34. The molecule has 1 fully saturated rings. The zero-order chi connectivity index (χ0) is 21.4. The first-order valence-electron chi connectivity index (χ1n) is 10.7. The molecule has 2 aliphatic rings. The lowest BCUT2D eigenvalue weighted by Gasteiger charge is -2.32. The van der Waals surface area contributed by atoms with Crippen LogP contribution in [0.4, 0.5) is 0 Å². The van der Waals surface area contributed by atoms with Crippen LogP contribution in [0.25, 0.3) is 0 Å². The molecular weight excluding hydrogens is 382 g/mol. The van der Waals surface area contributed by atoms with Crippen LogP contribution in [0.5, 0.6) is 11.5 Å². The highest BCUT2D eigenvalue weighted by Crippen LogP contribution is 2.32. The number of carbonyl (C=O) groups is 2. The molecule has 0 saturated carbocycles. The molecule has 3 heterocycles. The van der Waals surface area contributed by atoms with Gasteiger partial charge in [0.1, 0.15) is 32.7 Å². The van der Waals surface area contributed by atoms with Gasteiger partial charge in [0.15, 0.2) is 23.3 Å². The Kier molecular flexibility index (Phi) is 5.66. The van der Waals surface area contributed by atoms with Gasteiger partial charge >= 0.3 is 0 Å². The maximum Gasteiger partial charge on any atom is 0.235 e. The van der Waals surface area contributed by atoms with Crippen LogP contribution in [0.3, 0.4) is 0 Å². The standard InChI is InChI=1S/C23H29N3O4/c1-14-21(17(4)27)15(2)24-22(14)23(28)16(3)26-9-7-25(8-10-26)12-18-5-6-19-20(11-18)30-13-29-19/h5-6,11,16,24H,7-10,12-13H2,1-4H3/p+2/t16-/m0/s1. The minimum absolute atomic E-state index is 0.000955. The Morgan fingerprint density at radius 1 is 1.10 bits per heavy atom. The number of carbonyl (C=O) groups excluding carboxylic acids is 2. The molecule has 1 aromatic heterocycles. The lowest BCUT2D eigenvalue weighted by molar-refractivity contribution is -1.02. The van der Waals surface area contributed by atoms with Crippen LogP contribution in [0.15, 0.2) is 18.2 Å². The van der Waals surface area contributed by atoms with Crippen LogP contribution in [0.1, 0.15) is 51.5 Å². The van der Waals surface area contributed by atoms with E-state index in [-0.39, 0.29) is 17.6 Å². The quantitative estimate of drug-likeness (QED) is 0.588. The minimum atomic E-state index is -0.131. The van der Waals surface area contributed by atoms with E-state index < -0.39 is 0 Å². The van der Waals surface area contributed by atoms with Gasteiger partial charge in [-0.05, 0) is 51.5 Å². The summed E-state index contributed by atoms with van der Waals surface area (Å²) in [5, 5.41) is 0. The number of aromatic nitrogens is 1. The van der Waals surface area contributed by atoms with Crippen LogP contribution in [-0.4, -0.2) is 55.6 Å². The second-order valence-electron chi connectivity index (χ2n) is 8.54. The maximum absolute atomic E-state index is 13.1. The third-order valence-corrected chi connectivity index (χ3v) is 6.53. The van der Waals surface area contributed by atoms with Gasteiger partial charge in [0.05, 0.1) is 5.69 Å². The Labute approximate surface area is 177 Å². The van der Waals surface area contributed by atoms with Gasteiger partial charge < -0.3 is 24.3 Å². The number of rotatable bonds is 6. The lowest BCUT2D eigenvalue weighted by Crippen LogP contribution is -3.29. The van der Waals surface area contributed by atoms with E-state index in [1.807, 2.05) is 26.8 Å². The normalized spacial score (nSPS) is 21.5. The van der Waals surface area contributed by atoms with E-state index in [2.05, 4.69) is 17.1 Å². The SMILES string of the molecule is CC(=O)c1c(C)[nH]c(C(=O)[C@H](C)[NH+]2CC[NH+](Cc3ccc4c(c3)OCO4)CC2)c1C. The topological polar surface area (TPSA) is 77.3 Å². The number of hydrogen-bond donors (Lipinski definition) is 3. The van der Waals surface area contributed by atoms with E-state index >= 15 is 0 Å². The van der Waals surface area contributed by atoms with E-state index in [0.29, 0.717) is 18.1 Å². The van der Waals surface area contributed by atoms with Crippen molar-refractivity contribution in [3.05, 3.63) is 46.3 Å². The molecule has 0 radical (unpaired) electrons. The zero-order valence-electron chi connectivity index (χ0n) is 18.2. The van der Waals surface area contributed by atoms with Crippen molar-refractivity contribution in [1.29, 1.82) is 0 Å². The van der Waals surface area contributed by atoms with Crippen molar-refractivity contribution in [2.75, 3.05) is 33.0 Å². The average Bonchev–Trinajstić information content (AvgIpc) is 3.30. The second kappa shape index (κ2) is 8.24. The van der Waals surface area contributed by atoms with Crippen LogP contribution in [0.2, 0.25) is 0 Å². The number of ether oxygens (including phenoxy) is 2. The average molecular weight is 414 g/mol. The molecule has 160 valence electrons. The number of hydrogen-bond acceptors (Lipinski definition) is 4. The number of aryl methyl sites for hydroxylation is 1. The first-order chi connectivity index (χ1) is 14.3.